The minimum Gasteiger partial charge on any atom is -0.456 e. The Balaban J connectivity index is 1.46. The highest BCUT2D eigenvalue weighted by atomic mass is 28.4. The van der Waals surface area contributed by atoms with Crippen molar-refractivity contribution in [2.24, 2.45) is 16.7 Å². The van der Waals surface area contributed by atoms with Crippen LogP contribution in [0.3, 0.4) is 0 Å². The molecule has 2 bridgehead atoms. The molecule has 3 fully saturated rings. The monoisotopic (exact) mass is 983 g/mol. The van der Waals surface area contributed by atoms with Crippen LogP contribution in [0.2, 0.25) is 18.1 Å². The van der Waals surface area contributed by atoms with Gasteiger partial charge in [0.15, 0.2) is 31.9 Å². The maximum absolute atomic E-state index is 15.8. The van der Waals surface area contributed by atoms with Crippen LogP contribution in [0.1, 0.15) is 101 Å². The smallest absolute Gasteiger partial charge is 0.338 e. The van der Waals surface area contributed by atoms with Gasteiger partial charge in [0.25, 0.3) is 5.91 Å². The summed E-state index contributed by atoms with van der Waals surface area (Å²) in [5.41, 5.74) is -7.54. The van der Waals surface area contributed by atoms with Crippen molar-refractivity contribution in [2.45, 2.75) is 147 Å². The quantitative estimate of drug-likeness (QED) is 0.0735. The van der Waals surface area contributed by atoms with Crippen molar-refractivity contribution in [1.29, 1.82) is 0 Å². The van der Waals surface area contributed by atoms with Crippen LogP contribution in [-0.4, -0.2) is 120 Å². The van der Waals surface area contributed by atoms with Crippen LogP contribution in [0, 0.1) is 16.7 Å². The SMILES string of the molecule is CC(=O)O[C@H]1C(=O)[C@]2(C)[C@H](O)[C@@H](O)[C@H]3OC[C@@]3(OC(C)=O)[C@H]2[C@H](OC(=O)c2ccccc2)[C@]2(O)C[C@H](OC(=O)[C@H](O[Si](C)(C)C(C)(C)C)[C@@H](NC(=O)c3ccccc3)c3ccccc3)C(C)=C1C2(C)C. The number of Topliss-reactive ketones (excluding diaryl/α,β-unsaturated/α-hetero) is 1. The highest BCUT2D eigenvalue weighted by Crippen LogP contribution is 2.64. The molecule has 0 unspecified atom stereocenters. The fourth-order valence-corrected chi connectivity index (χ4v) is 12.1. The summed E-state index contributed by atoms with van der Waals surface area (Å²) in [6, 6.07) is 23.9. The number of carbonyl (C=O) groups is 6. The topological polar surface area (TPSA) is 231 Å². The van der Waals surface area contributed by atoms with E-state index in [9.17, 15) is 34.5 Å². The summed E-state index contributed by atoms with van der Waals surface area (Å²) >= 11 is 0. The minimum absolute atomic E-state index is 0.0336. The number of nitrogens with one attached hydrogen (secondary N) is 1. The number of hydrogen-bond acceptors (Lipinski definition) is 15. The summed E-state index contributed by atoms with van der Waals surface area (Å²) in [5.74, 6) is -6.96. The van der Waals surface area contributed by atoms with Crippen LogP contribution >= 0.6 is 0 Å². The molecular formula is C53H65NO15Si. The number of carbonyl (C=O) groups excluding carboxylic acids is 6. The zero-order chi connectivity index (χ0) is 51.5. The predicted octanol–water partition coefficient (Wildman–Crippen LogP) is 5.74. The average molecular weight is 984 g/mol. The standard InChI is InChI=1S/C53H65NO15Si/c1-29-35(66-48(62)40(69-70(10,11)49(4,5)6)37(32-21-15-12-16-22-32)54-46(60)33-23-17-13-18-24-33)27-53(63)45(67-47(61)34-25-19-14-20-26-34)41-51(9,43(59)39(65-30(2)55)36(29)50(53,7)8)42(58)38(57)44-52(41,28-64-44)68-31(3)56/h12-26,35,37-42,44-45,57-58,63H,27-28H2,1-11H3,(H,54,60)/t35-,37-,38+,39+,40+,41-,42+,44+,45-,51-,52+,53+/m0/s1. The molecule has 3 aliphatic carbocycles. The first-order valence-electron chi connectivity index (χ1n) is 23.5. The average Bonchev–Trinajstić information content (AvgIpc) is 3.29. The Hall–Kier alpha value is -5.56. The molecule has 3 aromatic rings. The number of amides is 1. The molecule has 7 rings (SSSR count). The number of esters is 4. The Kier molecular flexibility index (Phi) is 14.1. The van der Waals surface area contributed by atoms with Gasteiger partial charge < -0.3 is 48.7 Å². The van der Waals surface area contributed by atoms with E-state index in [1.165, 1.54) is 19.1 Å². The summed E-state index contributed by atoms with van der Waals surface area (Å²) in [5, 5.41) is 40.5. The summed E-state index contributed by atoms with van der Waals surface area (Å²) in [7, 11) is -2.96. The fraction of sp³-hybridized carbons (Fsp3) is 0.509. The maximum Gasteiger partial charge on any atom is 0.338 e. The molecule has 70 heavy (non-hydrogen) atoms. The van der Waals surface area contributed by atoms with Crippen LogP contribution in [0.25, 0.3) is 0 Å². The van der Waals surface area contributed by atoms with Crippen LogP contribution < -0.4 is 5.32 Å². The molecule has 3 aromatic carbocycles. The van der Waals surface area contributed by atoms with Crippen molar-refractivity contribution in [3.8, 4) is 0 Å². The van der Waals surface area contributed by atoms with Gasteiger partial charge in [-0.15, -0.1) is 0 Å². The molecule has 4 aliphatic rings. The van der Waals surface area contributed by atoms with Crippen molar-refractivity contribution in [3.63, 3.8) is 0 Å². The van der Waals surface area contributed by atoms with E-state index in [-0.39, 0.29) is 16.7 Å². The molecule has 17 heteroatoms. The molecular weight excluding hydrogens is 919 g/mol. The number of ether oxygens (including phenoxy) is 5. The van der Waals surface area contributed by atoms with Crippen LogP contribution in [0.5, 0.6) is 0 Å². The Bertz CT molecular complexity index is 2540. The molecule has 12 atom stereocenters. The second-order valence-corrected chi connectivity index (χ2v) is 26.1. The largest absolute Gasteiger partial charge is 0.456 e. The van der Waals surface area contributed by atoms with Crippen molar-refractivity contribution in [1.82, 2.24) is 5.32 Å². The van der Waals surface area contributed by atoms with E-state index in [0.717, 1.165) is 13.8 Å². The third-order valence-corrected chi connectivity index (χ3v) is 20.2. The van der Waals surface area contributed by atoms with Gasteiger partial charge in [0.05, 0.1) is 35.6 Å². The van der Waals surface area contributed by atoms with Gasteiger partial charge in [-0.25, -0.2) is 9.59 Å². The highest BCUT2D eigenvalue weighted by Gasteiger charge is 2.80. The van der Waals surface area contributed by atoms with E-state index < -0.39 is 139 Å². The van der Waals surface area contributed by atoms with Crippen molar-refractivity contribution in [2.75, 3.05) is 6.61 Å². The van der Waals surface area contributed by atoms with Gasteiger partial charge in [0.2, 0.25) is 0 Å². The second-order valence-electron chi connectivity index (χ2n) is 21.3. The van der Waals surface area contributed by atoms with Crippen molar-refractivity contribution >= 4 is 43.9 Å². The van der Waals surface area contributed by atoms with Gasteiger partial charge in [0.1, 0.15) is 30.0 Å². The zero-order valence-corrected chi connectivity index (χ0v) is 42.5. The van der Waals surface area contributed by atoms with Crippen molar-refractivity contribution in [3.05, 3.63) is 119 Å². The van der Waals surface area contributed by atoms with Gasteiger partial charge in [-0.05, 0) is 73.0 Å². The first kappa shape index (κ1) is 52.3. The lowest BCUT2D eigenvalue weighted by atomic mass is 9.44. The molecule has 376 valence electrons. The number of aliphatic hydroxyl groups is 3. The van der Waals surface area contributed by atoms with Crippen LogP contribution in [0.15, 0.2) is 102 Å². The summed E-state index contributed by atoms with van der Waals surface area (Å²) in [6.07, 6.45) is -12.8. The molecule has 2 saturated carbocycles. The van der Waals surface area contributed by atoms with E-state index in [4.69, 9.17) is 28.1 Å². The van der Waals surface area contributed by atoms with Gasteiger partial charge in [0, 0.05) is 31.2 Å². The van der Waals surface area contributed by atoms with E-state index in [1.807, 2.05) is 33.9 Å². The third-order valence-electron chi connectivity index (χ3n) is 15.7. The summed E-state index contributed by atoms with van der Waals surface area (Å²) in [6.45, 7) is 17.5. The van der Waals surface area contributed by atoms with Crippen LogP contribution in [0.4, 0.5) is 0 Å². The zero-order valence-electron chi connectivity index (χ0n) is 41.5. The molecule has 1 saturated heterocycles. The molecule has 0 spiro atoms. The number of fused-ring (bicyclic) bond motifs is 5. The van der Waals surface area contributed by atoms with Gasteiger partial charge in [-0.3, -0.25) is 19.2 Å². The lowest BCUT2D eigenvalue weighted by Crippen LogP contribution is -2.85. The summed E-state index contributed by atoms with van der Waals surface area (Å²) in [4.78, 5) is 86.3. The lowest BCUT2D eigenvalue weighted by Gasteiger charge is -2.68. The number of ketones is 1. The Morgan fingerprint density at radius 1 is 0.814 bits per heavy atom. The lowest BCUT2D eigenvalue weighted by molar-refractivity contribution is -0.369. The molecule has 4 N–H and O–H groups in total. The normalized spacial score (nSPS) is 31.2. The maximum atomic E-state index is 15.8. The van der Waals surface area contributed by atoms with E-state index >= 15 is 9.59 Å². The number of aliphatic hydroxyl groups excluding tert-OH is 2. The number of rotatable bonds is 12. The molecule has 0 aromatic heterocycles. The van der Waals surface area contributed by atoms with E-state index in [0.29, 0.717) is 11.1 Å². The predicted molar refractivity (Wildman–Crippen MR) is 255 cm³/mol. The van der Waals surface area contributed by atoms with Gasteiger partial charge >= 0.3 is 23.9 Å². The Morgan fingerprint density at radius 3 is 1.89 bits per heavy atom. The first-order valence-corrected chi connectivity index (χ1v) is 26.4. The molecule has 0 radical (unpaired) electrons. The summed E-state index contributed by atoms with van der Waals surface area (Å²) < 4.78 is 37.8. The molecule has 1 amide bonds. The highest BCUT2D eigenvalue weighted by molar-refractivity contribution is 6.74. The van der Waals surface area contributed by atoms with E-state index in [2.05, 4.69) is 5.32 Å². The number of benzene rings is 3. The van der Waals surface area contributed by atoms with Crippen molar-refractivity contribution < 1.29 is 72.2 Å². The Morgan fingerprint density at radius 2 is 1.37 bits per heavy atom. The third kappa shape index (κ3) is 8.82. The molecule has 1 aliphatic heterocycles. The fourth-order valence-electron chi connectivity index (χ4n) is 10.9. The first-order chi connectivity index (χ1) is 32.6. The molecule has 1 heterocycles. The molecule has 16 nitrogen and oxygen atoms in total. The number of hydrogen-bond donors (Lipinski definition) is 4. The van der Waals surface area contributed by atoms with Gasteiger partial charge in [-0.1, -0.05) is 101 Å². The second kappa shape index (κ2) is 18.9. The minimum atomic E-state index is -2.96. The van der Waals surface area contributed by atoms with Crippen LogP contribution in [-0.2, 0) is 47.3 Å². The van der Waals surface area contributed by atoms with Gasteiger partial charge in [-0.2, -0.15) is 0 Å². The Labute approximate surface area is 409 Å². The van der Waals surface area contributed by atoms with E-state index in [1.54, 1.807) is 99.6 Å².